The van der Waals surface area contributed by atoms with Crippen molar-refractivity contribution in [2.75, 3.05) is 5.32 Å². The maximum absolute atomic E-state index is 10.8. The molecule has 0 bridgehead atoms. The van der Waals surface area contributed by atoms with Crippen molar-refractivity contribution in [3.05, 3.63) is 41.7 Å². The fourth-order valence-corrected chi connectivity index (χ4v) is 2.64. The SMILES string of the molecule is NC(=O)Cn1cc(NC2CCc3cc(O)ccc32)cn1. The molecule has 1 heterocycles. The van der Waals surface area contributed by atoms with Crippen molar-refractivity contribution in [3.8, 4) is 5.75 Å². The number of rotatable bonds is 4. The molecule has 1 amide bonds. The number of benzene rings is 1. The molecule has 0 spiro atoms. The summed E-state index contributed by atoms with van der Waals surface area (Å²) in [5, 5.41) is 17.0. The molecular weight excluding hydrogens is 256 g/mol. The molecule has 3 rings (SSSR count). The number of hydrogen-bond donors (Lipinski definition) is 3. The van der Waals surface area contributed by atoms with Crippen LogP contribution in [0.25, 0.3) is 0 Å². The van der Waals surface area contributed by atoms with E-state index in [9.17, 15) is 9.90 Å². The van der Waals surface area contributed by atoms with E-state index in [0.29, 0.717) is 5.75 Å². The van der Waals surface area contributed by atoms with Crippen LogP contribution in [0.2, 0.25) is 0 Å². The molecule has 1 aromatic heterocycles. The first-order chi connectivity index (χ1) is 9.61. The normalized spacial score (nSPS) is 16.9. The van der Waals surface area contributed by atoms with Crippen LogP contribution in [0.5, 0.6) is 5.75 Å². The third kappa shape index (κ3) is 2.45. The number of phenolic OH excluding ortho intramolecular Hbond substituents is 1. The van der Waals surface area contributed by atoms with Gasteiger partial charge in [0.25, 0.3) is 0 Å². The molecule has 2 aromatic rings. The molecule has 6 nitrogen and oxygen atoms in total. The molecule has 0 saturated carbocycles. The van der Waals surface area contributed by atoms with Gasteiger partial charge in [0.15, 0.2) is 0 Å². The molecular formula is C14H16N4O2. The number of anilines is 1. The van der Waals surface area contributed by atoms with Crippen LogP contribution in [0, 0.1) is 0 Å². The Hall–Kier alpha value is -2.50. The average molecular weight is 272 g/mol. The van der Waals surface area contributed by atoms with Gasteiger partial charge in [-0.05, 0) is 36.1 Å². The van der Waals surface area contributed by atoms with E-state index < -0.39 is 5.91 Å². The maximum Gasteiger partial charge on any atom is 0.239 e. The largest absolute Gasteiger partial charge is 0.508 e. The van der Waals surface area contributed by atoms with Gasteiger partial charge in [0.05, 0.1) is 17.9 Å². The number of hydrogen-bond acceptors (Lipinski definition) is 4. The topological polar surface area (TPSA) is 93.2 Å². The predicted octanol–water partition coefficient (Wildman–Crippen LogP) is 1.17. The van der Waals surface area contributed by atoms with Gasteiger partial charge in [0, 0.05) is 6.20 Å². The number of carbonyl (C=O) groups is 1. The fraction of sp³-hybridized carbons (Fsp3) is 0.286. The monoisotopic (exact) mass is 272 g/mol. The van der Waals surface area contributed by atoms with Gasteiger partial charge in [0.1, 0.15) is 12.3 Å². The number of nitrogens with one attached hydrogen (secondary N) is 1. The van der Waals surface area contributed by atoms with Crippen LogP contribution in [0.15, 0.2) is 30.6 Å². The second kappa shape index (κ2) is 4.88. The van der Waals surface area contributed by atoms with Gasteiger partial charge in [-0.25, -0.2) is 0 Å². The highest BCUT2D eigenvalue weighted by atomic mass is 16.3. The van der Waals surface area contributed by atoms with Gasteiger partial charge in [-0.2, -0.15) is 5.10 Å². The first-order valence-corrected chi connectivity index (χ1v) is 6.51. The zero-order valence-corrected chi connectivity index (χ0v) is 10.9. The van der Waals surface area contributed by atoms with Crippen molar-refractivity contribution < 1.29 is 9.90 Å². The van der Waals surface area contributed by atoms with Gasteiger partial charge in [-0.15, -0.1) is 0 Å². The minimum atomic E-state index is -0.415. The number of nitrogens with two attached hydrogens (primary N) is 1. The lowest BCUT2D eigenvalue weighted by molar-refractivity contribution is -0.118. The van der Waals surface area contributed by atoms with E-state index in [1.807, 2.05) is 12.1 Å². The third-order valence-electron chi connectivity index (χ3n) is 3.50. The summed E-state index contributed by atoms with van der Waals surface area (Å²) in [6.45, 7) is 0.0802. The van der Waals surface area contributed by atoms with Crippen molar-refractivity contribution >= 4 is 11.6 Å². The fourth-order valence-electron chi connectivity index (χ4n) is 2.64. The molecule has 0 saturated heterocycles. The molecule has 6 heteroatoms. The van der Waals surface area contributed by atoms with Crippen LogP contribution in [-0.4, -0.2) is 20.8 Å². The number of aromatic nitrogens is 2. The number of fused-ring (bicyclic) bond motifs is 1. The summed E-state index contributed by atoms with van der Waals surface area (Å²) in [4.78, 5) is 10.8. The van der Waals surface area contributed by atoms with Crippen molar-refractivity contribution in [2.45, 2.75) is 25.4 Å². The Bertz CT molecular complexity index is 650. The highest BCUT2D eigenvalue weighted by Gasteiger charge is 2.22. The number of carbonyl (C=O) groups excluding carboxylic acids is 1. The van der Waals surface area contributed by atoms with Crippen LogP contribution >= 0.6 is 0 Å². The van der Waals surface area contributed by atoms with Crippen molar-refractivity contribution in [1.29, 1.82) is 0 Å². The number of aromatic hydroxyl groups is 1. The number of phenols is 1. The van der Waals surface area contributed by atoms with Gasteiger partial charge < -0.3 is 16.2 Å². The Labute approximate surface area is 116 Å². The number of primary amides is 1. The molecule has 0 fully saturated rings. The Morgan fingerprint density at radius 2 is 2.40 bits per heavy atom. The lowest BCUT2D eigenvalue weighted by Crippen LogP contribution is -2.18. The quantitative estimate of drug-likeness (QED) is 0.779. The Kier molecular flexibility index (Phi) is 3.06. The maximum atomic E-state index is 10.8. The van der Waals surface area contributed by atoms with Gasteiger partial charge in [-0.1, -0.05) is 6.07 Å². The lowest BCUT2D eigenvalue weighted by atomic mass is 10.1. The molecule has 1 aromatic carbocycles. The Morgan fingerprint density at radius 1 is 1.55 bits per heavy atom. The molecule has 1 aliphatic rings. The molecule has 1 atom stereocenters. The van der Waals surface area contributed by atoms with E-state index in [0.717, 1.165) is 18.5 Å². The predicted molar refractivity (Wildman–Crippen MR) is 74.2 cm³/mol. The second-order valence-electron chi connectivity index (χ2n) is 5.01. The van der Waals surface area contributed by atoms with Crippen LogP contribution in [0.1, 0.15) is 23.6 Å². The zero-order valence-electron chi connectivity index (χ0n) is 10.9. The Morgan fingerprint density at radius 3 is 3.20 bits per heavy atom. The number of aryl methyl sites for hydroxylation is 1. The van der Waals surface area contributed by atoms with Crippen molar-refractivity contribution in [1.82, 2.24) is 9.78 Å². The van der Waals surface area contributed by atoms with Crippen LogP contribution < -0.4 is 11.1 Å². The minimum absolute atomic E-state index is 0.0802. The third-order valence-corrected chi connectivity index (χ3v) is 3.50. The van der Waals surface area contributed by atoms with E-state index in [1.165, 1.54) is 15.8 Å². The zero-order chi connectivity index (χ0) is 14.1. The molecule has 104 valence electrons. The summed E-state index contributed by atoms with van der Waals surface area (Å²) >= 11 is 0. The van der Waals surface area contributed by atoms with Crippen LogP contribution in [0.4, 0.5) is 5.69 Å². The van der Waals surface area contributed by atoms with Crippen LogP contribution in [-0.2, 0) is 17.8 Å². The van der Waals surface area contributed by atoms with E-state index in [1.54, 1.807) is 18.5 Å². The molecule has 4 N–H and O–H groups in total. The second-order valence-corrected chi connectivity index (χ2v) is 5.01. The average Bonchev–Trinajstić information content (AvgIpc) is 2.97. The van der Waals surface area contributed by atoms with E-state index >= 15 is 0 Å². The summed E-state index contributed by atoms with van der Waals surface area (Å²) in [6.07, 6.45) is 5.36. The number of nitrogens with zero attached hydrogens (tertiary/aromatic N) is 2. The summed E-state index contributed by atoms with van der Waals surface area (Å²) in [7, 11) is 0. The minimum Gasteiger partial charge on any atom is -0.508 e. The van der Waals surface area contributed by atoms with Gasteiger partial charge in [-0.3, -0.25) is 9.48 Å². The molecule has 0 aliphatic heterocycles. The summed E-state index contributed by atoms with van der Waals surface area (Å²) in [5.74, 6) is -0.111. The molecule has 20 heavy (non-hydrogen) atoms. The van der Waals surface area contributed by atoms with E-state index in [-0.39, 0.29) is 12.6 Å². The van der Waals surface area contributed by atoms with Crippen LogP contribution in [0.3, 0.4) is 0 Å². The van der Waals surface area contributed by atoms with E-state index in [2.05, 4.69) is 10.4 Å². The molecule has 0 radical (unpaired) electrons. The first kappa shape index (κ1) is 12.5. The summed E-state index contributed by atoms with van der Waals surface area (Å²) < 4.78 is 1.51. The standard InChI is InChI=1S/C14H16N4O2/c15-14(20)8-18-7-10(6-16-18)17-13-4-1-9-5-11(19)2-3-12(9)13/h2-3,5-7,13,17,19H,1,4,8H2,(H2,15,20). The molecule has 1 unspecified atom stereocenters. The highest BCUT2D eigenvalue weighted by Crippen LogP contribution is 2.35. The first-order valence-electron chi connectivity index (χ1n) is 6.51. The summed E-state index contributed by atoms with van der Waals surface area (Å²) in [6, 6.07) is 5.67. The van der Waals surface area contributed by atoms with Gasteiger partial charge in [0.2, 0.25) is 5.91 Å². The van der Waals surface area contributed by atoms with Crippen molar-refractivity contribution in [2.24, 2.45) is 5.73 Å². The number of amides is 1. The van der Waals surface area contributed by atoms with Crippen molar-refractivity contribution in [3.63, 3.8) is 0 Å². The highest BCUT2D eigenvalue weighted by molar-refractivity contribution is 5.73. The summed E-state index contributed by atoms with van der Waals surface area (Å²) in [5.41, 5.74) is 8.36. The van der Waals surface area contributed by atoms with E-state index in [4.69, 9.17) is 5.73 Å². The lowest BCUT2D eigenvalue weighted by Gasteiger charge is -2.13. The smallest absolute Gasteiger partial charge is 0.239 e. The Balaban J connectivity index is 1.74. The van der Waals surface area contributed by atoms with Gasteiger partial charge >= 0.3 is 0 Å². The molecule has 1 aliphatic carbocycles.